The molecule has 1 fully saturated rings. The summed E-state index contributed by atoms with van der Waals surface area (Å²) in [7, 11) is 0. The molecule has 0 saturated heterocycles. The lowest BCUT2D eigenvalue weighted by Gasteiger charge is -2.20. The average molecular weight is 312 g/mol. The van der Waals surface area contributed by atoms with E-state index >= 15 is 0 Å². The van der Waals surface area contributed by atoms with Crippen LogP contribution in [0.2, 0.25) is 5.02 Å². The Balaban J connectivity index is 1.66. The third kappa shape index (κ3) is 3.24. The minimum atomic E-state index is -0.226. The number of nitrogens with one attached hydrogen (secondary N) is 1. The van der Waals surface area contributed by atoms with Crippen molar-refractivity contribution in [3.63, 3.8) is 0 Å². The monoisotopic (exact) mass is 311 g/mol. The first-order valence-corrected chi connectivity index (χ1v) is 7.56. The molecule has 1 aliphatic carbocycles. The van der Waals surface area contributed by atoms with Gasteiger partial charge in [-0.25, -0.2) is 0 Å². The number of rotatable bonds is 3. The summed E-state index contributed by atoms with van der Waals surface area (Å²) in [6.45, 7) is 1.48. The molecule has 2 aliphatic rings. The van der Waals surface area contributed by atoms with Crippen molar-refractivity contribution in [1.82, 2.24) is 5.32 Å². The van der Waals surface area contributed by atoms with Crippen molar-refractivity contribution in [1.29, 1.82) is 0 Å². The van der Waals surface area contributed by atoms with Gasteiger partial charge < -0.3 is 19.9 Å². The van der Waals surface area contributed by atoms with E-state index in [1.54, 1.807) is 12.1 Å². The summed E-state index contributed by atoms with van der Waals surface area (Å²) in [5.74, 6) is 1.17. The molecule has 0 radical (unpaired) electrons. The van der Waals surface area contributed by atoms with Crippen molar-refractivity contribution in [2.45, 2.75) is 25.4 Å². The number of carbonyl (C=O) groups is 1. The Labute approximate surface area is 128 Å². The van der Waals surface area contributed by atoms with Crippen LogP contribution in [0.3, 0.4) is 0 Å². The Morgan fingerprint density at radius 3 is 2.90 bits per heavy atom. The summed E-state index contributed by atoms with van der Waals surface area (Å²) in [6, 6.07) is 3.24. The molecule has 1 amide bonds. The van der Waals surface area contributed by atoms with E-state index in [1.807, 2.05) is 0 Å². The van der Waals surface area contributed by atoms with Crippen LogP contribution in [0.25, 0.3) is 0 Å². The first-order valence-electron chi connectivity index (χ1n) is 7.19. The van der Waals surface area contributed by atoms with Crippen LogP contribution in [0.15, 0.2) is 12.1 Å². The molecular weight excluding hydrogens is 294 g/mol. The lowest BCUT2D eigenvalue weighted by molar-refractivity contribution is 0.0944. The molecule has 1 aliphatic heterocycles. The Hall–Kier alpha value is -1.46. The van der Waals surface area contributed by atoms with Crippen molar-refractivity contribution in [3.05, 3.63) is 22.7 Å². The number of carbonyl (C=O) groups excluding carboxylic acids is 1. The number of hydrogen-bond acceptors (Lipinski definition) is 4. The van der Waals surface area contributed by atoms with Gasteiger partial charge in [-0.05, 0) is 37.3 Å². The lowest BCUT2D eigenvalue weighted by Crippen LogP contribution is -2.29. The highest BCUT2D eigenvalue weighted by Crippen LogP contribution is 2.38. The zero-order valence-electron chi connectivity index (χ0n) is 11.6. The number of fused-ring (bicyclic) bond motifs is 1. The first kappa shape index (κ1) is 14.5. The van der Waals surface area contributed by atoms with E-state index in [0.717, 1.165) is 19.3 Å². The average Bonchev–Trinajstić information content (AvgIpc) is 2.90. The quantitative estimate of drug-likeness (QED) is 0.896. The number of amides is 1. The summed E-state index contributed by atoms with van der Waals surface area (Å²) in [5.41, 5.74) is 0.461. The van der Waals surface area contributed by atoms with E-state index in [2.05, 4.69) is 5.32 Å². The summed E-state index contributed by atoms with van der Waals surface area (Å²) in [5, 5.41) is 12.8. The fourth-order valence-corrected chi connectivity index (χ4v) is 3.08. The molecule has 2 atom stereocenters. The minimum Gasteiger partial charge on any atom is -0.486 e. The molecule has 21 heavy (non-hydrogen) atoms. The lowest BCUT2D eigenvalue weighted by atomic mass is 10.1. The molecule has 6 heteroatoms. The van der Waals surface area contributed by atoms with Gasteiger partial charge in [-0.1, -0.05) is 11.6 Å². The molecule has 1 aromatic carbocycles. The maximum absolute atomic E-state index is 12.2. The predicted molar refractivity (Wildman–Crippen MR) is 78.1 cm³/mol. The number of hydrogen-bond donors (Lipinski definition) is 2. The van der Waals surface area contributed by atoms with E-state index < -0.39 is 0 Å². The zero-order valence-corrected chi connectivity index (χ0v) is 12.4. The van der Waals surface area contributed by atoms with Gasteiger partial charge >= 0.3 is 0 Å². The molecule has 0 spiro atoms. The number of ether oxygens (including phenoxy) is 2. The smallest absolute Gasteiger partial charge is 0.251 e. The highest BCUT2D eigenvalue weighted by molar-refractivity contribution is 6.32. The zero-order chi connectivity index (χ0) is 14.8. The molecule has 2 unspecified atom stereocenters. The van der Waals surface area contributed by atoms with E-state index in [0.29, 0.717) is 47.8 Å². The minimum absolute atomic E-state index is 0.185. The van der Waals surface area contributed by atoms with E-state index in [4.69, 9.17) is 21.1 Å². The van der Waals surface area contributed by atoms with Crippen LogP contribution in [-0.4, -0.2) is 36.9 Å². The molecule has 1 saturated carbocycles. The van der Waals surface area contributed by atoms with Crippen LogP contribution in [-0.2, 0) is 0 Å². The van der Waals surface area contributed by atoms with Gasteiger partial charge in [0.05, 0.1) is 11.1 Å². The normalized spacial score (nSPS) is 23.9. The molecule has 2 N–H and O–H groups in total. The molecule has 1 aromatic rings. The van der Waals surface area contributed by atoms with Gasteiger partial charge in [-0.2, -0.15) is 0 Å². The van der Waals surface area contributed by atoms with E-state index in [-0.39, 0.29) is 12.0 Å². The molecule has 0 bridgehead atoms. The second-order valence-corrected chi connectivity index (χ2v) is 5.93. The Morgan fingerprint density at radius 2 is 2.14 bits per heavy atom. The van der Waals surface area contributed by atoms with Crippen molar-refractivity contribution < 1.29 is 19.4 Å². The first-order chi connectivity index (χ1) is 10.1. The Morgan fingerprint density at radius 1 is 1.33 bits per heavy atom. The van der Waals surface area contributed by atoms with Crippen LogP contribution in [0.1, 0.15) is 29.6 Å². The van der Waals surface area contributed by atoms with Crippen molar-refractivity contribution >= 4 is 17.5 Å². The summed E-state index contributed by atoms with van der Waals surface area (Å²) < 4.78 is 10.9. The fourth-order valence-electron chi connectivity index (χ4n) is 2.82. The fraction of sp³-hybridized carbons (Fsp3) is 0.533. The second kappa shape index (κ2) is 6.12. The second-order valence-electron chi connectivity index (χ2n) is 5.53. The highest BCUT2D eigenvalue weighted by Gasteiger charge is 2.24. The third-order valence-electron chi connectivity index (χ3n) is 3.92. The van der Waals surface area contributed by atoms with Crippen LogP contribution in [0.5, 0.6) is 11.5 Å². The largest absolute Gasteiger partial charge is 0.486 e. The van der Waals surface area contributed by atoms with Gasteiger partial charge in [0.15, 0.2) is 11.5 Å². The van der Waals surface area contributed by atoms with Gasteiger partial charge in [-0.3, -0.25) is 4.79 Å². The maximum atomic E-state index is 12.2. The van der Waals surface area contributed by atoms with Crippen LogP contribution in [0.4, 0.5) is 0 Å². The molecule has 5 nitrogen and oxygen atoms in total. The molecule has 0 aromatic heterocycles. The van der Waals surface area contributed by atoms with Gasteiger partial charge in [0.2, 0.25) is 0 Å². The van der Waals surface area contributed by atoms with Crippen LogP contribution in [0, 0.1) is 5.92 Å². The maximum Gasteiger partial charge on any atom is 0.251 e. The number of benzene rings is 1. The van der Waals surface area contributed by atoms with Gasteiger partial charge in [-0.15, -0.1) is 0 Å². The van der Waals surface area contributed by atoms with Gasteiger partial charge in [0, 0.05) is 12.1 Å². The van der Waals surface area contributed by atoms with Crippen LogP contribution >= 0.6 is 11.6 Å². The molecule has 3 rings (SSSR count). The Kier molecular flexibility index (Phi) is 4.22. The third-order valence-corrected chi connectivity index (χ3v) is 4.20. The van der Waals surface area contributed by atoms with Gasteiger partial charge in [0.25, 0.3) is 5.91 Å². The van der Waals surface area contributed by atoms with Crippen molar-refractivity contribution in [2.24, 2.45) is 5.92 Å². The van der Waals surface area contributed by atoms with Crippen molar-refractivity contribution in [3.8, 4) is 11.5 Å². The molecule has 1 heterocycles. The topological polar surface area (TPSA) is 67.8 Å². The number of aliphatic hydroxyl groups is 1. The van der Waals surface area contributed by atoms with Gasteiger partial charge in [0.1, 0.15) is 13.2 Å². The van der Waals surface area contributed by atoms with Crippen LogP contribution < -0.4 is 14.8 Å². The van der Waals surface area contributed by atoms with E-state index in [9.17, 15) is 9.90 Å². The number of aliphatic hydroxyl groups excluding tert-OH is 1. The predicted octanol–water partition coefficient (Wildman–Crippen LogP) is 2.00. The summed E-state index contributed by atoms with van der Waals surface area (Å²) in [6.07, 6.45) is 2.29. The summed E-state index contributed by atoms with van der Waals surface area (Å²) in [4.78, 5) is 12.2. The summed E-state index contributed by atoms with van der Waals surface area (Å²) >= 11 is 6.12. The SMILES string of the molecule is O=C(NCC1CCC(O)C1)c1cc(Cl)c2c(c1)OCCO2. The number of halogens is 1. The molecule has 114 valence electrons. The van der Waals surface area contributed by atoms with Crippen molar-refractivity contribution in [2.75, 3.05) is 19.8 Å². The Bertz CT molecular complexity index is 549. The standard InChI is InChI=1S/C15H18ClNO4/c16-12-6-10(7-13-14(12)21-4-3-20-13)15(19)17-8-9-1-2-11(18)5-9/h6-7,9,11,18H,1-5,8H2,(H,17,19). The highest BCUT2D eigenvalue weighted by atomic mass is 35.5. The molecular formula is C15H18ClNO4. The van der Waals surface area contributed by atoms with E-state index in [1.165, 1.54) is 0 Å².